The van der Waals surface area contributed by atoms with E-state index >= 15 is 0 Å². The molecule has 0 spiro atoms. The van der Waals surface area contributed by atoms with Gasteiger partial charge in [-0.2, -0.15) is 0 Å². The zero-order valence-electron chi connectivity index (χ0n) is 18.6. The quantitative estimate of drug-likeness (QED) is 0.619. The van der Waals surface area contributed by atoms with Crippen LogP contribution >= 0.6 is 0 Å². The van der Waals surface area contributed by atoms with Gasteiger partial charge in [0.2, 0.25) is 0 Å². The van der Waals surface area contributed by atoms with Crippen LogP contribution in [-0.4, -0.2) is 58.9 Å². The predicted octanol–water partition coefficient (Wildman–Crippen LogP) is 3.37. The van der Waals surface area contributed by atoms with Crippen molar-refractivity contribution in [3.05, 3.63) is 71.8 Å². The van der Waals surface area contributed by atoms with Crippen LogP contribution in [0.3, 0.4) is 0 Å². The molecule has 3 aromatic rings. The molecular weight excluding hydrogens is 421 g/mol. The van der Waals surface area contributed by atoms with Crippen molar-refractivity contribution in [1.29, 1.82) is 0 Å². The third kappa shape index (κ3) is 4.62. The molecule has 0 unspecified atom stereocenters. The first-order valence-corrected chi connectivity index (χ1v) is 11.3. The second kappa shape index (κ2) is 9.33. The summed E-state index contributed by atoms with van der Waals surface area (Å²) in [4.78, 5) is 13.2. The van der Waals surface area contributed by atoms with Gasteiger partial charge in [0.25, 0.3) is 0 Å². The molecule has 2 aromatic carbocycles. The van der Waals surface area contributed by atoms with Gasteiger partial charge < -0.3 is 20.1 Å². The van der Waals surface area contributed by atoms with Crippen LogP contribution in [0.4, 0.5) is 21.7 Å². The normalized spacial score (nSPS) is 20.9. The number of methoxy groups -OCH3 is 1. The summed E-state index contributed by atoms with van der Waals surface area (Å²) in [6, 6.07) is 14.9. The van der Waals surface area contributed by atoms with Gasteiger partial charge in [-0.1, -0.05) is 24.3 Å². The Kier molecular flexibility index (Phi) is 6.11. The summed E-state index contributed by atoms with van der Waals surface area (Å²) in [7, 11) is 1.50. The monoisotopic (exact) mass is 449 g/mol. The Morgan fingerprint density at radius 3 is 2.76 bits per heavy atom. The Labute approximate surface area is 192 Å². The van der Waals surface area contributed by atoms with Crippen LogP contribution < -0.4 is 15.0 Å². The molecule has 2 N–H and O–H groups in total. The number of aliphatic hydroxyl groups excluding tert-OH is 1. The molecule has 2 aliphatic rings. The minimum atomic E-state index is -0.465. The standard InChI is InChI=1S/C25H28FN5O2/c1-33-23-12-19(26)6-7-20(23)29-24-13-25(28-16-27-24)31-11-9-21(22(32)15-31)30-10-8-17-4-2-3-5-18(17)14-30/h2-7,12-13,16,21-22,32H,8-11,14-15H2,1H3,(H,27,28,29)/t21-,22-/m1/s1. The predicted molar refractivity (Wildman–Crippen MR) is 125 cm³/mol. The number of ether oxygens (including phenoxy) is 1. The summed E-state index contributed by atoms with van der Waals surface area (Å²) in [6.45, 7) is 3.17. The average Bonchev–Trinajstić information content (AvgIpc) is 2.85. The summed E-state index contributed by atoms with van der Waals surface area (Å²) in [5.41, 5.74) is 3.40. The van der Waals surface area contributed by atoms with E-state index in [1.807, 2.05) is 6.07 Å². The molecule has 1 saturated heterocycles. The van der Waals surface area contributed by atoms with Gasteiger partial charge in [0.1, 0.15) is 29.5 Å². The van der Waals surface area contributed by atoms with Gasteiger partial charge in [0, 0.05) is 44.4 Å². The molecule has 1 fully saturated rings. The lowest BCUT2D eigenvalue weighted by Crippen LogP contribution is -2.55. The first kappa shape index (κ1) is 21.6. The topological polar surface area (TPSA) is 73.8 Å². The number of fused-ring (bicyclic) bond motifs is 1. The molecule has 0 bridgehead atoms. The van der Waals surface area contributed by atoms with E-state index in [1.165, 1.54) is 36.7 Å². The highest BCUT2D eigenvalue weighted by Gasteiger charge is 2.34. The van der Waals surface area contributed by atoms with Crippen molar-refractivity contribution in [2.75, 3.05) is 37.0 Å². The average molecular weight is 450 g/mol. The van der Waals surface area contributed by atoms with E-state index in [1.54, 1.807) is 6.07 Å². The maximum absolute atomic E-state index is 13.5. The fourth-order valence-electron chi connectivity index (χ4n) is 4.85. The van der Waals surface area contributed by atoms with E-state index in [4.69, 9.17) is 4.74 Å². The molecule has 3 heterocycles. The van der Waals surface area contributed by atoms with Crippen molar-refractivity contribution in [3.63, 3.8) is 0 Å². The maximum Gasteiger partial charge on any atom is 0.145 e. The van der Waals surface area contributed by atoms with Crippen molar-refractivity contribution in [3.8, 4) is 5.75 Å². The molecule has 0 radical (unpaired) electrons. The van der Waals surface area contributed by atoms with Gasteiger partial charge in [0.05, 0.1) is 18.9 Å². The summed E-state index contributed by atoms with van der Waals surface area (Å²) >= 11 is 0. The fraction of sp³-hybridized carbons (Fsp3) is 0.360. The van der Waals surface area contributed by atoms with Gasteiger partial charge in [-0.05, 0) is 36.1 Å². The second-order valence-corrected chi connectivity index (χ2v) is 8.59. The van der Waals surface area contributed by atoms with Gasteiger partial charge in [-0.3, -0.25) is 4.90 Å². The number of nitrogens with one attached hydrogen (secondary N) is 1. The highest BCUT2D eigenvalue weighted by molar-refractivity contribution is 5.65. The molecule has 2 atom stereocenters. The van der Waals surface area contributed by atoms with Crippen LogP contribution in [0.25, 0.3) is 0 Å². The molecule has 33 heavy (non-hydrogen) atoms. The van der Waals surface area contributed by atoms with Crippen molar-refractivity contribution < 1.29 is 14.2 Å². The number of benzene rings is 2. The first-order chi connectivity index (χ1) is 16.1. The summed E-state index contributed by atoms with van der Waals surface area (Å²) < 4.78 is 18.7. The molecule has 1 aromatic heterocycles. The number of nitrogens with zero attached hydrogens (tertiary/aromatic N) is 4. The smallest absolute Gasteiger partial charge is 0.145 e. The van der Waals surface area contributed by atoms with E-state index in [2.05, 4.69) is 49.4 Å². The highest BCUT2D eigenvalue weighted by atomic mass is 19.1. The number of anilines is 3. The van der Waals surface area contributed by atoms with Crippen LogP contribution in [-0.2, 0) is 13.0 Å². The molecule has 7 nitrogen and oxygen atoms in total. The minimum Gasteiger partial charge on any atom is -0.494 e. The Balaban J connectivity index is 1.26. The van der Waals surface area contributed by atoms with Crippen molar-refractivity contribution in [1.82, 2.24) is 14.9 Å². The fourth-order valence-corrected chi connectivity index (χ4v) is 4.85. The molecule has 0 amide bonds. The Bertz CT molecular complexity index is 1130. The maximum atomic E-state index is 13.5. The summed E-state index contributed by atoms with van der Waals surface area (Å²) in [5.74, 6) is 1.36. The molecular formula is C25H28FN5O2. The van der Waals surface area contributed by atoms with Gasteiger partial charge in [-0.15, -0.1) is 0 Å². The lowest BCUT2D eigenvalue weighted by molar-refractivity contribution is 0.0293. The second-order valence-electron chi connectivity index (χ2n) is 8.59. The number of aliphatic hydroxyl groups is 1. The Morgan fingerprint density at radius 1 is 1.09 bits per heavy atom. The molecule has 172 valence electrons. The number of β-amino-alcohol motifs (C(OH)–C–C–N with tert-alkyl or cyclic N) is 1. The van der Waals surface area contributed by atoms with E-state index in [0.29, 0.717) is 23.8 Å². The number of hydrogen-bond donors (Lipinski definition) is 2. The first-order valence-electron chi connectivity index (χ1n) is 11.3. The van der Waals surface area contributed by atoms with Gasteiger partial charge in [0.15, 0.2) is 0 Å². The van der Waals surface area contributed by atoms with E-state index in [0.717, 1.165) is 38.3 Å². The zero-order chi connectivity index (χ0) is 22.8. The van der Waals surface area contributed by atoms with Crippen molar-refractivity contribution in [2.24, 2.45) is 0 Å². The minimum absolute atomic E-state index is 0.137. The highest BCUT2D eigenvalue weighted by Crippen LogP contribution is 2.30. The number of halogens is 1. The number of hydrogen-bond acceptors (Lipinski definition) is 7. The molecule has 0 saturated carbocycles. The summed E-state index contributed by atoms with van der Waals surface area (Å²) in [5, 5.41) is 14.2. The van der Waals surface area contributed by atoms with Crippen LogP contribution in [0.15, 0.2) is 54.9 Å². The number of piperidine rings is 1. The van der Waals surface area contributed by atoms with Crippen LogP contribution in [0.1, 0.15) is 17.5 Å². The van der Waals surface area contributed by atoms with Gasteiger partial charge in [-0.25, -0.2) is 14.4 Å². The summed E-state index contributed by atoms with van der Waals surface area (Å²) in [6.07, 6.45) is 2.92. The molecule has 0 aliphatic carbocycles. The third-order valence-corrected chi connectivity index (χ3v) is 6.58. The SMILES string of the molecule is COc1cc(F)ccc1Nc1cc(N2CC[C@@H](N3CCc4ccccc4C3)[C@H](O)C2)ncn1. The molecule has 5 rings (SSSR count). The van der Waals surface area contributed by atoms with Crippen LogP contribution in [0.2, 0.25) is 0 Å². The largest absolute Gasteiger partial charge is 0.494 e. The van der Waals surface area contributed by atoms with Gasteiger partial charge >= 0.3 is 0 Å². The number of rotatable bonds is 5. The van der Waals surface area contributed by atoms with Crippen molar-refractivity contribution in [2.45, 2.75) is 31.5 Å². The Morgan fingerprint density at radius 2 is 1.94 bits per heavy atom. The van der Waals surface area contributed by atoms with Crippen molar-refractivity contribution >= 4 is 17.3 Å². The van der Waals surface area contributed by atoms with E-state index in [-0.39, 0.29) is 11.9 Å². The third-order valence-electron chi connectivity index (χ3n) is 6.58. The lowest BCUT2D eigenvalue weighted by Gasteiger charge is -2.43. The lowest BCUT2D eigenvalue weighted by atomic mass is 9.94. The van der Waals surface area contributed by atoms with Crippen LogP contribution in [0.5, 0.6) is 5.75 Å². The molecule has 8 heteroatoms. The Hall–Kier alpha value is -3.23. The number of aromatic nitrogens is 2. The van der Waals surface area contributed by atoms with E-state index in [9.17, 15) is 9.50 Å². The van der Waals surface area contributed by atoms with Crippen LogP contribution in [0, 0.1) is 5.82 Å². The molecule has 2 aliphatic heterocycles. The zero-order valence-corrected chi connectivity index (χ0v) is 18.6. The van der Waals surface area contributed by atoms with E-state index < -0.39 is 6.10 Å².